The van der Waals surface area contributed by atoms with E-state index in [-0.39, 0.29) is 11.5 Å². The monoisotopic (exact) mass is 294 g/mol. The predicted molar refractivity (Wildman–Crippen MR) is 80.8 cm³/mol. The summed E-state index contributed by atoms with van der Waals surface area (Å²) in [5.41, 5.74) is 7.12. The second-order valence-corrected chi connectivity index (χ2v) is 7.39. The molecule has 2 aliphatic carbocycles. The molecule has 3 nitrogen and oxygen atoms in total. The van der Waals surface area contributed by atoms with E-state index in [1.807, 2.05) is 6.07 Å². The van der Waals surface area contributed by atoms with Gasteiger partial charge in [-0.15, -0.1) is 0 Å². The normalized spacial score (nSPS) is 34.5. The lowest BCUT2D eigenvalue weighted by Gasteiger charge is -2.38. The van der Waals surface area contributed by atoms with E-state index in [9.17, 15) is 0 Å². The van der Waals surface area contributed by atoms with E-state index in [1.54, 1.807) is 6.20 Å². The standard InChI is InChI=1S/C16H23ClN2O/c1-15(2)11-4-6-16(15,3)12(8-11)20-14-13(17)10(9-18)5-7-19-14/h5,7,11-12H,4,6,8-9,18H2,1-3H3. The molecule has 2 fully saturated rings. The molecule has 3 unspecified atom stereocenters. The molecule has 4 heteroatoms. The van der Waals surface area contributed by atoms with Crippen LogP contribution in [0.25, 0.3) is 0 Å². The Hall–Kier alpha value is -0.800. The summed E-state index contributed by atoms with van der Waals surface area (Å²) in [6, 6.07) is 1.85. The Balaban J connectivity index is 1.87. The highest BCUT2D eigenvalue weighted by Gasteiger charge is 2.62. The molecule has 3 rings (SSSR count). The van der Waals surface area contributed by atoms with Crippen LogP contribution in [0.5, 0.6) is 5.88 Å². The number of pyridine rings is 1. The summed E-state index contributed by atoms with van der Waals surface area (Å²) in [6.45, 7) is 7.51. The Kier molecular flexibility index (Phi) is 3.26. The third kappa shape index (κ3) is 1.79. The van der Waals surface area contributed by atoms with Crippen molar-refractivity contribution in [2.75, 3.05) is 0 Å². The summed E-state index contributed by atoms with van der Waals surface area (Å²) in [7, 11) is 0. The fraction of sp³-hybridized carbons (Fsp3) is 0.688. The summed E-state index contributed by atoms with van der Waals surface area (Å²) in [5, 5.41) is 0.569. The van der Waals surface area contributed by atoms with E-state index >= 15 is 0 Å². The van der Waals surface area contributed by atoms with Crippen LogP contribution in [-0.2, 0) is 6.54 Å². The van der Waals surface area contributed by atoms with Gasteiger partial charge in [-0.05, 0) is 42.2 Å². The van der Waals surface area contributed by atoms with E-state index in [4.69, 9.17) is 22.1 Å². The van der Waals surface area contributed by atoms with Crippen LogP contribution in [-0.4, -0.2) is 11.1 Å². The summed E-state index contributed by atoms with van der Waals surface area (Å²) in [5.74, 6) is 1.29. The SMILES string of the molecule is CC1(C)C2CCC1(C)C(Oc1nccc(CN)c1Cl)C2. The minimum Gasteiger partial charge on any atom is -0.473 e. The summed E-state index contributed by atoms with van der Waals surface area (Å²) in [6.07, 6.45) is 5.57. The molecule has 0 aliphatic heterocycles. The largest absolute Gasteiger partial charge is 0.473 e. The van der Waals surface area contributed by atoms with Crippen LogP contribution in [0.4, 0.5) is 0 Å². The predicted octanol–water partition coefficient (Wildman–Crippen LogP) is 3.79. The molecule has 0 spiro atoms. The van der Waals surface area contributed by atoms with Crippen molar-refractivity contribution in [3.63, 3.8) is 0 Å². The van der Waals surface area contributed by atoms with Gasteiger partial charge in [-0.3, -0.25) is 0 Å². The van der Waals surface area contributed by atoms with Crippen molar-refractivity contribution in [3.05, 3.63) is 22.8 Å². The van der Waals surface area contributed by atoms with Crippen LogP contribution >= 0.6 is 11.6 Å². The maximum absolute atomic E-state index is 6.34. The van der Waals surface area contributed by atoms with E-state index in [1.165, 1.54) is 12.8 Å². The summed E-state index contributed by atoms with van der Waals surface area (Å²) >= 11 is 6.34. The molecule has 1 aromatic rings. The minimum atomic E-state index is 0.203. The van der Waals surface area contributed by atoms with Crippen molar-refractivity contribution in [1.82, 2.24) is 4.98 Å². The van der Waals surface area contributed by atoms with Gasteiger partial charge in [0.15, 0.2) is 0 Å². The molecule has 1 heterocycles. The van der Waals surface area contributed by atoms with Crippen molar-refractivity contribution in [2.24, 2.45) is 22.5 Å². The van der Waals surface area contributed by atoms with Gasteiger partial charge in [-0.1, -0.05) is 32.4 Å². The van der Waals surface area contributed by atoms with Crippen molar-refractivity contribution < 1.29 is 4.74 Å². The molecule has 20 heavy (non-hydrogen) atoms. The first-order valence-electron chi connectivity index (χ1n) is 7.40. The lowest BCUT2D eigenvalue weighted by Crippen LogP contribution is -2.39. The number of hydrogen-bond acceptors (Lipinski definition) is 3. The maximum Gasteiger partial charge on any atom is 0.233 e. The molecule has 2 saturated carbocycles. The molecule has 0 amide bonds. The molecule has 0 saturated heterocycles. The van der Waals surface area contributed by atoms with Gasteiger partial charge in [-0.25, -0.2) is 4.98 Å². The summed E-state index contributed by atoms with van der Waals surface area (Å²) < 4.78 is 6.22. The third-order valence-electron chi connectivity index (χ3n) is 6.12. The van der Waals surface area contributed by atoms with Gasteiger partial charge in [-0.2, -0.15) is 0 Å². The highest BCUT2D eigenvalue weighted by molar-refractivity contribution is 6.32. The molecule has 0 aromatic carbocycles. The fourth-order valence-corrected chi connectivity index (χ4v) is 4.38. The lowest BCUT2D eigenvalue weighted by atomic mass is 9.70. The molecule has 1 aromatic heterocycles. The third-order valence-corrected chi connectivity index (χ3v) is 6.53. The molecule has 2 aliphatic rings. The molecule has 3 atom stereocenters. The average Bonchev–Trinajstić information content (AvgIpc) is 2.74. The second kappa shape index (κ2) is 4.60. The zero-order valence-corrected chi connectivity index (χ0v) is 13.2. The van der Waals surface area contributed by atoms with E-state index in [0.717, 1.165) is 17.9 Å². The van der Waals surface area contributed by atoms with Gasteiger partial charge in [0, 0.05) is 18.2 Å². The number of nitrogens with zero attached hydrogens (tertiary/aromatic N) is 1. The van der Waals surface area contributed by atoms with Gasteiger partial charge in [0.25, 0.3) is 0 Å². The molecule has 0 radical (unpaired) electrons. The highest BCUT2D eigenvalue weighted by Crippen LogP contribution is 2.66. The Morgan fingerprint density at radius 1 is 1.45 bits per heavy atom. The van der Waals surface area contributed by atoms with Crippen LogP contribution in [0.3, 0.4) is 0 Å². The molecule has 2 bridgehead atoms. The molecule has 110 valence electrons. The zero-order chi connectivity index (χ0) is 14.5. The Bertz CT molecular complexity index is 531. The van der Waals surface area contributed by atoms with Crippen LogP contribution < -0.4 is 10.5 Å². The number of halogens is 1. The fourth-order valence-electron chi connectivity index (χ4n) is 4.15. The number of hydrogen-bond donors (Lipinski definition) is 1. The van der Waals surface area contributed by atoms with Gasteiger partial charge in [0.1, 0.15) is 11.1 Å². The van der Waals surface area contributed by atoms with Crippen LogP contribution in [0.15, 0.2) is 12.3 Å². The van der Waals surface area contributed by atoms with Crippen molar-refractivity contribution >= 4 is 11.6 Å². The van der Waals surface area contributed by atoms with Gasteiger partial charge < -0.3 is 10.5 Å². The van der Waals surface area contributed by atoms with Crippen molar-refractivity contribution in [1.29, 1.82) is 0 Å². The topological polar surface area (TPSA) is 48.1 Å². The van der Waals surface area contributed by atoms with Crippen LogP contribution in [0, 0.1) is 16.7 Å². The Labute approximate surface area is 125 Å². The first-order chi connectivity index (χ1) is 9.40. The van der Waals surface area contributed by atoms with Crippen molar-refractivity contribution in [2.45, 2.75) is 52.7 Å². The molecular formula is C16H23ClN2O. The Morgan fingerprint density at radius 2 is 2.20 bits per heavy atom. The molecule has 2 N–H and O–H groups in total. The average molecular weight is 295 g/mol. The van der Waals surface area contributed by atoms with Crippen molar-refractivity contribution in [3.8, 4) is 5.88 Å². The van der Waals surface area contributed by atoms with E-state index in [2.05, 4.69) is 25.8 Å². The summed E-state index contributed by atoms with van der Waals surface area (Å²) in [4.78, 5) is 4.30. The van der Waals surface area contributed by atoms with Gasteiger partial charge in [0.05, 0.1) is 0 Å². The first kappa shape index (κ1) is 14.2. The number of nitrogens with two attached hydrogens (primary N) is 1. The van der Waals surface area contributed by atoms with Crippen LogP contribution in [0.2, 0.25) is 5.02 Å². The first-order valence-corrected chi connectivity index (χ1v) is 7.78. The molecular weight excluding hydrogens is 272 g/mol. The Morgan fingerprint density at radius 3 is 2.75 bits per heavy atom. The lowest BCUT2D eigenvalue weighted by molar-refractivity contribution is 0.0273. The van der Waals surface area contributed by atoms with E-state index in [0.29, 0.717) is 22.9 Å². The number of rotatable bonds is 3. The van der Waals surface area contributed by atoms with Crippen LogP contribution in [0.1, 0.15) is 45.6 Å². The van der Waals surface area contributed by atoms with Gasteiger partial charge in [0.2, 0.25) is 5.88 Å². The zero-order valence-electron chi connectivity index (χ0n) is 12.4. The minimum absolute atomic E-state index is 0.203. The highest BCUT2D eigenvalue weighted by atomic mass is 35.5. The quantitative estimate of drug-likeness (QED) is 0.923. The smallest absolute Gasteiger partial charge is 0.233 e. The maximum atomic E-state index is 6.34. The van der Waals surface area contributed by atoms with Gasteiger partial charge >= 0.3 is 0 Å². The number of ether oxygens (including phenoxy) is 1. The van der Waals surface area contributed by atoms with E-state index < -0.39 is 0 Å². The number of fused-ring (bicyclic) bond motifs is 2. The number of aromatic nitrogens is 1. The second-order valence-electron chi connectivity index (χ2n) is 7.01.